The van der Waals surface area contributed by atoms with E-state index in [4.69, 9.17) is 0 Å². The average molecular weight is 277 g/mol. The smallest absolute Gasteiger partial charge is 0.154 e. The maximum absolute atomic E-state index is 11.5. The van der Waals surface area contributed by atoms with Crippen LogP contribution in [-0.4, -0.2) is 54.4 Å². The van der Waals surface area contributed by atoms with Gasteiger partial charge in [-0.15, -0.1) is 0 Å². The molecule has 1 heterocycles. The highest BCUT2D eigenvalue weighted by Crippen LogP contribution is 2.33. The van der Waals surface area contributed by atoms with Gasteiger partial charge in [0.2, 0.25) is 0 Å². The summed E-state index contributed by atoms with van der Waals surface area (Å²) < 4.78 is 23.0. The molecular formula is C12H23NO4S. The Morgan fingerprint density at radius 2 is 2.11 bits per heavy atom. The molecule has 0 aromatic heterocycles. The van der Waals surface area contributed by atoms with Crippen LogP contribution in [0.3, 0.4) is 0 Å². The first-order chi connectivity index (χ1) is 8.36. The van der Waals surface area contributed by atoms with E-state index < -0.39 is 27.5 Å². The third-order valence-electron chi connectivity index (χ3n) is 4.21. The van der Waals surface area contributed by atoms with Crippen molar-refractivity contribution in [2.45, 2.75) is 50.3 Å². The topological polar surface area (TPSA) is 86.6 Å². The zero-order valence-electron chi connectivity index (χ0n) is 10.8. The zero-order valence-corrected chi connectivity index (χ0v) is 11.6. The first-order valence-corrected chi connectivity index (χ1v) is 8.45. The highest BCUT2D eigenvalue weighted by Gasteiger charge is 2.43. The van der Waals surface area contributed by atoms with Gasteiger partial charge in [0.25, 0.3) is 0 Å². The van der Waals surface area contributed by atoms with E-state index in [-0.39, 0.29) is 18.1 Å². The number of aliphatic hydroxyl groups excluding tert-OH is 2. The van der Waals surface area contributed by atoms with Gasteiger partial charge in [-0.1, -0.05) is 19.8 Å². The second-order valence-corrected chi connectivity index (χ2v) is 8.19. The van der Waals surface area contributed by atoms with Gasteiger partial charge in [-0.25, -0.2) is 8.42 Å². The van der Waals surface area contributed by atoms with Gasteiger partial charge in [0.1, 0.15) is 0 Å². The number of aliphatic hydroxyl groups is 2. The van der Waals surface area contributed by atoms with E-state index in [1.807, 2.05) is 0 Å². The number of rotatable bonds is 3. The van der Waals surface area contributed by atoms with Crippen LogP contribution in [0.25, 0.3) is 0 Å². The summed E-state index contributed by atoms with van der Waals surface area (Å²) in [5.41, 5.74) is -0.414. The SMILES string of the molecule is CC1CCCC(CO)(NC2CS(=O)(=O)CC2O)C1. The van der Waals surface area contributed by atoms with Crippen LogP contribution in [0.2, 0.25) is 0 Å². The van der Waals surface area contributed by atoms with Crippen LogP contribution < -0.4 is 5.32 Å². The summed E-state index contributed by atoms with van der Waals surface area (Å²) in [6.45, 7) is 2.15. The lowest BCUT2D eigenvalue weighted by Crippen LogP contribution is -2.58. The molecule has 0 amide bonds. The van der Waals surface area contributed by atoms with Crippen molar-refractivity contribution < 1.29 is 18.6 Å². The molecule has 0 radical (unpaired) electrons. The summed E-state index contributed by atoms with van der Waals surface area (Å²) >= 11 is 0. The van der Waals surface area contributed by atoms with Gasteiger partial charge in [0.05, 0.1) is 24.2 Å². The molecule has 3 N–H and O–H groups in total. The molecule has 2 rings (SSSR count). The van der Waals surface area contributed by atoms with E-state index >= 15 is 0 Å². The molecule has 4 unspecified atom stereocenters. The lowest BCUT2D eigenvalue weighted by molar-refractivity contribution is 0.0658. The minimum atomic E-state index is -3.14. The van der Waals surface area contributed by atoms with E-state index in [0.29, 0.717) is 5.92 Å². The normalized spacial score (nSPS) is 44.1. The Hall–Kier alpha value is -0.170. The fourth-order valence-electron chi connectivity index (χ4n) is 3.34. The average Bonchev–Trinajstić information content (AvgIpc) is 2.51. The van der Waals surface area contributed by atoms with Crippen LogP contribution in [0.15, 0.2) is 0 Å². The monoisotopic (exact) mass is 277 g/mol. The highest BCUT2D eigenvalue weighted by molar-refractivity contribution is 7.91. The molecule has 0 bridgehead atoms. The van der Waals surface area contributed by atoms with Gasteiger partial charge in [0, 0.05) is 11.6 Å². The van der Waals surface area contributed by atoms with Crippen molar-refractivity contribution in [2.24, 2.45) is 5.92 Å². The van der Waals surface area contributed by atoms with Crippen LogP contribution in [-0.2, 0) is 9.84 Å². The van der Waals surface area contributed by atoms with E-state index in [9.17, 15) is 18.6 Å². The molecule has 6 heteroatoms. The van der Waals surface area contributed by atoms with Crippen molar-refractivity contribution in [2.75, 3.05) is 18.1 Å². The van der Waals surface area contributed by atoms with Gasteiger partial charge in [-0.2, -0.15) is 0 Å². The molecule has 2 aliphatic rings. The number of hydrogen-bond acceptors (Lipinski definition) is 5. The predicted molar refractivity (Wildman–Crippen MR) is 69.0 cm³/mol. The summed E-state index contributed by atoms with van der Waals surface area (Å²) in [4.78, 5) is 0. The molecule has 5 nitrogen and oxygen atoms in total. The molecule has 18 heavy (non-hydrogen) atoms. The maximum Gasteiger partial charge on any atom is 0.154 e. The molecule has 1 saturated carbocycles. The fourth-order valence-corrected chi connectivity index (χ4v) is 5.08. The maximum atomic E-state index is 11.5. The first-order valence-electron chi connectivity index (χ1n) is 6.63. The Kier molecular flexibility index (Phi) is 4.02. The standard InChI is InChI=1S/C12H23NO4S/c1-9-3-2-4-12(5-9,8-14)13-10-6-18(16,17)7-11(10)15/h9-11,13-15H,2-8H2,1H3. The van der Waals surface area contributed by atoms with Crippen molar-refractivity contribution in [3.05, 3.63) is 0 Å². The summed E-state index contributed by atoms with van der Waals surface area (Å²) in [5.74, 6) is 0.333. The molecule has 0 spiro atoms. The Morgan fingerprint density at radius 1 is 1.39 bits per heavy atom. The van der Waals surface area contributed by atoms with Crippen molar-refractivity contribution in [3.8, 4) is 0 Å². The highest BCUT2D eigenvalue weighted by atomic mass is 32.2. The lowest BCUT2D eigenvalue weighted by atomic mass is 9.76. The summed E-state index contributed by atoms with van der Waals surface area (Å²) in [6, 6.07) is -0.438. The van der Waals surface area contributed by atoms with Crippen LogP contribution in [0.5, 0.6) is 0 Å². The van der Waals surface area contributed by atoms with Crippen LogP contribution >= 0.6 is 0 Å². The van der Waals surface area contributed by atoms with E-state index in [1.165, 1.54) is 0 Å². The number of hydrogen-bond donors (Lipinski definition) is 3. The summed E-state index contributed by atoms with van der Waals surface area (Å²) in [7, 11) is -3.14. The number of sulfone groups is 1. The van der Waals surface area contributed by atoms with Crippen molar-refractivity contribution in [3.63, 3.8) is 0 Å². The minimum Gasteiger partial charge on any atom is -0.394 e. The molecule has 4 atom stereocenters. The van der Waals surface area contributed by atoms with E-state index in [0.717, 1.165) is 25.7 Å². The van der Waals surface area contributed by atoms with Gasteiger partial charge in [-0.3, -0.25) is 0 Å². The molecule has 106 valence electrons. The Balaban J connectivity index is 2.06. The summed E-state index contributed by atoms with van der Waals surface area (Å²) in [5, 5.41) is 22.7. The minimum absolute atomic E-state index is 0.000603. The third kappa shape index (κ3) is 3.04. The van der Waals surface area contributed by atoms with Crippen LogP contribution in [0.4, 0.5) is 0 Å². The Labute approximate surface area is 109 Å². The van der Waals surface area contributed by atoms with Crippen molar-refractivity contribution in [1.29, 1.82) is 0 Å². The molecule has 2 fully saturated rings. The molecule has 1 aliphatic carbocycles. The molecule has 1 aliphatic heterocycles. The van der Waals surface area contributed by atoms with Gasteiger partial charge >= 0.3 is 0 Å². The van der Waals surface area contributed by atoms with Gasteiger partial charge in [0.15, 0.2) is 9.84 Å². The predicted octanol–water partition coefficient (Wildman–Crippen LogP) is -0.325. The van der Waals surface area contributed by atoms with Crippen molar-refractivity contribution >= 4 is 9.84 Å². The Morgan fingerprint density at radius 3 is 2.61 bits per heavy atom. The van der Waals surface area contributed by atoms with Crippen molar-refractivity contribution in [1.82, 2.24) is 5.32 Å². The zero-order chi connectivity index (χ0) is 13.4. The molecule has 1 saturated heterocycles. The first kappa shape index (κ1) is 14.2. The lowest BCUT2D eigenvalue weighted by Gasteiger charge is -2.41. The van der Waals surface area contributed by atoms with Crippen LogP contribution in [0, 0.1) is 5.92 Å². The molecule has 0 aromatic carbocycles. The quantitative estimate of drug-likeness (QED) is 0.658. The van der Waals surface area contributed by atoms with E-state index in [1.54, 1.807) is 0 Å². The summed E-state index contributed by atoms with van der Waals surface area (Å²) in [6.07, 6.45) is 3.01. The largest absolute Gasteiger partial charge is 0.394 e. The van der Waals surface area contributed by atoms with Crippen LogP contribution in [0.1, 0.15) is 32.6 Å². The van der Waals surface area contributed by atoms with E-state index in [2.05, 4.69) is 12.2 Å². The third-order valence-corrected chi connectivity index (χ3v) is 5.92. The number of nitrogens with one attached hydrogen (secondary N) is 1. The molecule has 0 aromatic rings. The van der Waals surface area contributed by atoms with Gasteiger partial charge in [-0.05, 0) is 18.8 Å². The second-order valence-electron chi connectivity index (χ2n) is 6.04. The second kappa shape index (κ2) is 5.07. The molecular weight excluding hydrogens is 254 g/mol. The Bertz CT molecular complexity index is 397. The van der Waals surface area contributed by atoms with Gasteiger partial charge < -0.3 is 15.5 Å². The fraction of sp³-hybridized carbons (Fsp3) is 1.00.